The van der Waals surface area contributed by atoms with Crippen molar-refractivity contribution in [1.29, 1.82) is 0 Å². The molecule has 1 fully saturated rings. The molecule has 1 amide bonds. The molecular formula is C20H25F3N8O. The molecule has 1 atom stereocenters. The second-order valence-corrected chi connectivity index (χ2v) is 8.58. The third-order valence-electron chi connectivity index (χ3n) is 5.75. The number of rotatable bonds is 5. The van der Waals surface area contributed by atoms with E-state index in [1.807, 2.05) is 32.7 Å². The molecule has 2 aromatic heterocycles. The van der Waals surface area contributed by atoms with Crippen molar-refractivity contribution in [3.8, 4) is 0 Å². The summed E-state index contributed by atoms with van der Waals surface area (Å²) in [4.78, 5) is 23.4. The van der Waals surface area contributed by atoms with E-state index in [-0.39, 0.29) is 30.0 Å². The van der Waals surface area contributed by atoms with Gasteiger partial charge in [-0.15, -0.1) is 10.2 Å². The summed E-state index contributed by atoms with van der Waals surface area (Å²) < 4.78 is 37.8. The lowest BCUT2D eigenvalue weighted by Crippen LogP contribution is -2.50. The number of carbonyl (C=O) groups excluding carboxylic acids is 1. The number of nitrogens with zero attached hydrogens (tertiary/aromatic N) is 5. The monoisotopic (exact) mass is 450 g/mol. The highest BCUT2D eigenvalue weighted by Crippen LogP contribution is 2.35. The summed E-state index contributed by atoms with van der Waals surface area (Å²) in [5.74, 6) is 1.50. The number of halogens is 3. The van der Waals surface area contributed by atoms with Gasteiger partial charge in [0, 0.05) is 19.1 Å². The molecule has 0 bridgehead atoms. The molecule has 1 unspecified atom stereocenters. The number of aromatic nitrogens is 4. The summed E-state index contributed by atoms with van der Waals surface area (Å²) >= 11 is 0. The number of likely N-dealkylation sites (N-methyl/N-ethyl adjacent to an activating group) is 1. The fourth-order valence-corrected chi connectivity index (χ4v) is 4.08. The number of nitrogens with one attached hydrogen (secondary N) is 3. The van der Waals surface area contributed by atoms with Gasteiger partial charge >= 0.3 is 6.18 Å². The average Bonchev–Trinajstić information content (AvgIpc) is 2.67. The third-order valence-corrected chi connectivity index (χ3v) is 5.75. The molecule has 0 aromatic carbocycles. The SMILES string of the molecule is Cc1nc(NC2CC(Nc3ccc(C(F)(F)F)nn3)C2)nc2c1NC(=O)C(C(C)C)N2C. The van der Waals surface area contributed by atoms with Crippen LogP contribution < -0.4 is 20.9 Å². The highest BCUT2D eigenvalue weighted by atomic mass is 19.4. The zero-order valence-corrected chi connectivity index (χ0v) is 18.2. The molecule has 12 heteroatoms. The van der Waals surface area contributed by atoms with Gasteiger partial charge in [0.2, 0.25) is 11.9 Å². The first-order valence-electron chi connectivity index (χ1n) is 10.4. The molecule has 1 aliphatic carbocycles. The van der Waals surface area contributed by atoms with Crippen LogP contribution in [0.4, 0.5) is 36.4 Å². The summed E-state index contributed by atoms with van der Waals surface area (Å²) in [6, 6.07) is 2.04. The molecule has 3 heterocycles. The standard InChI is InChI=1S/C20H25F3N8O/c1-9(2)16-18(32)27-15-10(3)24-19(28-17(15)31(16)4)26-12-7-11(8-12)25-14-6-5-13(29-30-14)20(21,22)23/h5-6,9,11-12,16H,7-8H2,1-4H3,(H,25,30)(H,27,32)(H,24,26,28). The molecule has 0 saturated heterocycles. The van der Waals surface area contributed by atoms with Gasteiger partial charge in [-0.25, -0.2) is 4.98 Å². The highest BCUT2D eigenvalue weighted by Gasteiger charge is 2.36. The van der Waals surface area contributed by atoms with Crippen molar-refractivity contribution in [2.75, 3.05) is 27.9 Å². The van der Waals surface area contributed by atoms with Crippen LogP contribution in [0.5, 0.6) is 0 Å². The normalized spacial score (nSPS) is 22.8. The number of hydrogen-bond donors (Lipinski definition) is 3. The molecule has 0 radical (unpaired) electrons. The zero-order valence-electron chi connectivity index (χ0n) is 18.2. The van der Waals surface area contributed by atoms with Gasteiger partial charge in [-0.3, -0.25) is 4.79 Å². The Morgan fingerprint density at radius 2 is 1.81 bits per heavy atom. The van der Waals surface area contributed by atoms with E-state index in [1.54, 1.807) is 0 Å². The lowest BCUT2D eigenvalue weighted by molar-refractivity contribution is -0.141. The Morgan fingerprint density at radius 3 is 2.41 bits per heavy atom. The number of carbonyl (C=O) groups is 1. The lowest BCUT2D eigenvalue weighted by Gasteiger charge is -2.38. The van der Waals surface area contributed by atoms with Gasteiger partial charge in [-0.2, -0.15) is 18.2 Å². The van der Waals surface area contributed by atoms with Crippen LogP contribution in [0.2, 0.25) is 0 Å². The predicted octanol–water partition coefficient (Wildman–Crippen LogP) is 3.06. The van der Waals surface area contributed by atoms with E-state index in [2.05, 4.69) is 36.1 Å². The van der Waals surface area contributed by atoms with Crippen LogP contribution in [0, 0.1) is 12.8 Å². The van der Waals surface area contributed by atoms with Crippen molar-refractivity contribution in [2.24, 2.45) is 5.92 Å². The van der Waals surface area contributed by atoms with Crippen molar-refractivity contribution in [3.63, 3.8) is 0 Å². The lowest BCUT2D eigenvalue weighted by atomic mass is 9.87. The van der Waals surface area contributed by atoms with Crippen molar-refractivity contribution in [3.05, 3.63) is 23.5 Å². The molecule has 4 rings (SSSR count). The van der Waals surface area contributed by atoms with Crippen LogP contribution in [-0.4, -0.2) is 51.2 Å². The summed E-state index contributed by atoms with van der Waals surface area (Å²) in [6.07, 6.45) is -3.05. The fourth-order valence-electron chi connectivity index (χ4n) is 4.08. The van der Waals surface area contributed by atoms with Crippen molar-refractivity contribution >= 4 is 29.2 Å². The quantitative estimate of drug-likeness (QED) is 0.638. The maximum absolute atomic E-state index is 12.6. The van der Waals surface area contributed by atoms with Crippen LogP contribution in [-0.2, 0) is 11.0 Å². The minimum atomic E-state index is -4.50. The Labute approximate surface area is 183 Å². The van der Waals surface area contributed by atoms with Gasteiger partial charge in [0.15, 0.2) is 11.5 Å². The van der Waals surface area contributed by atoms with E-state index < -0.39 is 11.9 Å². The minimum absolute atomic E-state index is 0.0598. The minimum Gasteiger partial charge on any atom is -0.366 e. The molecule has 2 aromatic rings. The van der Waals surface area contributed by atoms with Crippen molar-refractivity contribution in [1.82, 2.24) is 20.2 Å². The summed E-state index contributed by atoms with van der Waals surface area (Å²) in [5.41, 5.74) is 0.278. The topological polar surface area (TPSA) is 108 Å². The van der Waals surface area contributed by atoms with Gasteiger partial charge in [0.25, 0.3) is 0 Å². The molecule has 1 aliphatic heterocycles. The van der Waals surface area contributed by atoms with Gasteiger partial charge in [0.1, 0.15) is 17.5 Å². The molecule has 0 spiro atoms. The number of anilines is 4. The number of fused-ring (bicyclic) bond motifs is 1. The number of alkyl halides is 3. The second kappa shape index (κ2) is 8.06. The predicted molar refractivity (Wildman–Crippen MR) is 114 cm³/mol. The average molecular weight is 450 g/mol. The van der Waals surface area contributed by atoms with Crippen LogP contribution in [0.15, 0.2) is 12.1 Å². The van der Waals surface area contributed by atoms with E-state index in [0.29, 0.717) is 29.0 Å². The van der Waals surface area contributed by atoms with E-state index in [4.69, 9.17) is 0 Å². The summed E-state index contributed by atoms with van der Waals surface area (Å²) in [5, 5.41) is 16.1. The maximum atomic E-state index is 12.6. The first kappa shape index (κ1) is 22.0. The highest BCUT2D eigenvalue weighted by molar-refractivity contribution is 6.03. The second-order valence-electron chi connectivity index (χ2n) is 8.58. The molecule has 1 saturated carbocycles. The largest absolute Gasteiger partial charge is 0.435 e. The molecule has 32 heavy (non-hydrogen) atoms. The summed E-state index contributed by atoms with van der Waals surface area (Å²) in [6.45, 7) is 5.80. The molecule has 172 valence electrons. The van der Waals surface area contributed by atoms with Crippen LogP contribution in [0.25, 0.3) is 0 Å². The van der Waals surface area contributed by atoms with Gasteiger partial charge < -0.3 is 20.9 Å². The van der Waals surface area contributed by atoms with E-state index >= 15 is 0 Å². The van der Waals surface area contributed by atoms with Gasteiger partial charge in [-0.1, -0.05) is 13.8 Å². The Balaban J connectivity index is 1.37. The Hall–Kier alpha value is -3.18. The molecule has 3 N–H and O–H groups in total. The van der Waals surface area contributed by atoms with Crippen LogP contribution >= 0.6 is 0 Å². The third kappa shape index (κ3) is 4.26. The number of aryl methyl sites for hydroxylation is 1. The number of hydrogen-bond acceptors (Lipinski definition) is 8. The van der Waals surface area contributed by atoms with E-state index in [9.17, 15) is 18.0 Å². The van der Waals surface area contributed by atoms with E-state index in [0.717, 1.165) is 18.9 Å². The van der Waals surface area contributed by atoms with E-state index in [1.165, 1.54) is 6.07 Å². The maximum Gasteiger partial charge on any atom is 0.435 e. The fraction of sp³-hybridized carbons (Fsp3) is 0.550. The molecular weight excluding hydrogens is 425 g/mol. The van der Waals surface area contributed by atoms with Crippen LogP contribution in [0.3, 0.4) is 0 Å². The Morgan fingerprint density at radius 1 is 1.12 bits per heavy atom. The number of amides is 1. The Bertz CT molecular complexity index is 1010. The van der Waals surface area contributed by atoms with Crippen molar-refractivity contribution in [2.45, 2.75) is 57.9 Å². The summed E-state index contributed by atoms with van der Waals surface area (Å²) in [7, 11) is 1.85. The first-order chi connectivity index (χ1) is 15.0. The molecule has 2 aliphatic rings. The van der Waals surface area contributed by atoms with Gasteiger partial charge in [0.05, 0.1) is 5.69 Å². The first-order valence-corrected chi connectivity index (χ1v) is 10.4. The van der Waals surface area contributed by atoms with Crippen LogP contribution in [0.1, 0.15) is 38.1 Å². The van der Waals surface area contributed by atoms with Gasteiger partial charge in [-0.05, 0) is 37.8 Å². The molecule has 9 nitrogen and oxygen atoms in total. The Kier molecular flexibility index (Phi) is 5.55. The smallest absolute Gasteiger partial charge is 0.366 e. The van der Waals surface area contributed by atoms with Crippen molar-refractivity contribution < 1.29 is 18.0 Å². The zero-order chi connectivity index (χ0) is 23.2.